The summed E-state index contributed by atoms with van der Waals surface area (Å²) in [5.41, 5.74) is 5.87. The van der Waals surface area contributed by atoms with E-state index in [-0.39, 0.29) is 11.5 Å². The van der Waals surface area contributed by atoms with Crippen LogP contribution in [-0.2, 0) is 0 Å². The molecule has 3 rings (SSSR count). The van der Waals surface area contributed by atoms with E-state index in [9.17, 15) is 10.1 Å². The molecule has 3 heterocycles. The number of nitrogen functional groups attached to an aromatic ring is 1. The third-order valence-electron chi connectivity index (χ3n) is 5.38. The summed E-state index contributed by atoms with van der Waals surface area (Å²) >= 11 is 0. The minimum atomic E-state index is -0.445. The lowest BCUT2D eigenvalue weighted by atomic mass is 9.92. The highest BCUT2D eigenvalue weighted by Crippen LogP contribution is 2.37. The molecule has 0 radical (unpaired) electrons. The zero-order valence-electron chi connectivity index (χ0n) is 16.2. The van der Waals surface area contributed by atoms with Crippen LogP contribution in [0.3, 0.4) is 0 Å². The molecule has 2 N–H and O–H groups in total. The Hall–Kier alpha value is -2.12. The highest BCUT2D eigenvalue weighted by atomic mass is 16.6. The van der Waals surface area contributed by atoms with Crippen molar-refractivity contribution in [1.82, 2.24) is 9.97 Å². The first kappa shape index (κ1) is 18.7. The van der Waals surface area contributed by atoms with Crippen molar-refractivity contribution in [1.29, 1.82) is 0 Å². The second-order valence-electron chi connectivity index (χ2n) is 8.54. The van der Waals surface area contributed by atoms with Crippen LogP contribution in [-0.4, -0.2) is 41.1 Å². The smallest absolute Gasteiger partial charge is 0.353 e. The minimum Gasteiger partial charge on any atom is -0.378 e. The molecule has 0 saturated carbocycles. The van der Waals surface area contributed by atoms with E-state index < -0.39 is 4.92 Å². The fourth-order valence-electron chi connectivity index (χ4n) is 4.65. The van der Waals surface area contributed by atoms with Crippen molar-refractivity contribution in [3.63, 3.8) is 0 Å². The lowest BCUT2D eigenvalue weighted by Gasteiger charge is -2.37. The summed E-state index contributed by atoms with van der Waals surface area (Å²) in [6, 6.07) is 0. The van der Waals surface area contributed by atoms with Crippen LogP contribution in [0, 0.1) is 33.8 Å². The van der Waals surface area contributed by atoms with Gasteiger partial charge in [-0.25, -0.2) is 0 Å². The van der Waals surface area contributed by atoms with E-state index in [1.807, 2.05) is 4.90 Å². The lowest BCUT2D eigenvalue weighted by Crippen LogP contribution is -2.42. The maximum Gasteiger partial charge on any atom is 0.353 e. The Morgan fingerprint density at radius 2 is 1.38 bits per heavy atom. The van der Waals surface area contributed by atoms with Gasteiger partial charge in [0.15, 0.2) is 0 Å². The van der Waals surface area contributed by atoms with E-state index in [4.69, 9.17) is 5.73 Å². The molecule has 26 heavy (non-hydrogen) atoms. The first-order valence-corrected chi connectivity index (χ1v) is 9.56. The molecule has 144 valence electrons. The highest BCUT2D eigenvalue weighted by Gasteiger charge is 2.33. The Balaban J connectivity index is 2.01. The number of nitro groups is 1. The first-order chi connectivity index (χ1) is 12.2. The monoisotopic (exact) mass is 362 g/mol. The maximum atomic E-state index is 11.6. The van der Waals surface area contributed by atoms with Gasteiger partial charge in [0.1, 0.15) is 0 Å². The Morgan fingerprint density at radius 1 is 0.923 bits per heavy atom. The second-order valence-corrected chi connectivity index (χ2v) is 8.54. The molecule has 4 atom stereocenters. The van der Waals surface area contributed by atoms with Gasteiger partial charge in [-0.05, 0) is 36.5 Å². The topological polar surface area (TPSA) is 101 Å². The van der Waals surface area contributed by atoms with Gasteiger partial charge < -0.3 is 15.5 Å². The summed E-state index contributed by atoms with van der Waals surface area (Å²) in [4.78, 5) is 24.3. The summed E-state index contributed by atoms with van der Waals surface area (Å²) in [6.45, 7) is 12.0. The van der Waals surface area contributed by atoms with Gasteiger partial charge in [0.2, 0.25) is 17.6 Å². The molecule has 4 unspecified atom stereocenters. The standard InChI is InChI=1S/C18H30N6O2/c1-11-5-12(2)8-22(7-11)17-15(24(25)26)16(19)20-18(21-17)23-9-13(3)6-14(4)10-23/h11-14H,5-10H2,1-4H3,(H2,19,20,21). The molecular weight excluding hydrogens is 332 g/mol. The van der Waals surface area contributed by atoms with Crippen molar-refractivity contribution in [2.75, 3.05) is 41.7 Å². The normalized spacial score (nSPS) is 29.7. The number of piperidine rings is 2. The predicted molar refractivity (Wildman–Crippen MR) is 103 cm³/mol. The molecule has 0 amide bonds. The minimum absolute atomic E-state index is 0.0354. The Morgan fingerprint density at radius 3 is 1.85 bits per heavy atom. The Bertz CT molecular complexity index is 662. The average molecular weight is 362 g/mol. The van der Waals surface area contributed by atoms with Crippen molar-refractivity contribution in [3.05, 3.63) is 10.1 Å². The SMILES string of the molecule is CC1CC(C)CN(c2nc(N)c([N+](=O)[O-])c(N3CC(C)CC(C)C3)n2)C1. The second kappa shape index (κ2) is 7.25. The van der Waals surface area contributed by atoms with Crippen LogP contribution in [0.15, 0.2) is 0 Å². The van der Waals surface area contributed by atoms with Crippen molar-refractivity contribution in [3.8, 4) is 0 Å². The molecule has 0 spiro atoms. The van der Waals surface area contributed by atoms with Crippen LogP contribution >= 0.6 is 0 Å². The molecule has 0 aromatic carbocycles. The van der Waals surface area contributed by atoms with Gasteiger partial charge >= 0.3 is 5.69 Å². The van der Waals surface area contributed by atoms with Crippen LogP contribution in [0.5, 0.6) is 0 Å². The van der Waals surface area contributed by atoms with Crippen LogP contribution in [0.4, 0.5) is 23.3 Å². The predicted octanol–water partition coefficient (Wildman–Crippen LogP) is 2.93. The third kappa shape index (κ3) is 3.83. The number of nitrogens with zero attached hydrogens (tertiary/aromatic N) is 5. The summed E-state index contributed by atoms with van der Waals surface area (Å²) in [6.07, 6.45) is 2.30. The van der Waals surface area contributed by atoms with Crippen molar-refractivity contribution in [2.45, 2.75) is 40.5 Å². The van der Waals surface area contributed by atoms with E-state index >= 15 is 0 Å². The first-order valence-electron chi connectivity index (χ1n) is 9.56. The fraction of sp³-hybridized carbons (Fsp3) is 0.778. The number of anilines is 3. The van der Waals surface area contributed by atoms with Crippen LogP contribution in [0.25, 0.3) is 0 Å². The molecular formula is C18H30N6O2. The summed E-state index contributed by atoms with van der Waals surface area (Å²) in [5, 5.41) is 11.6. The number of aromatic nitrogens is 2. The van der Waals surface area contributed by atoms with E-state index in [1.54, 1.807) is 0 Å². The molecule has 0 aliphatic carbocycles. The fourth-order valence-corrected chi connectivity index (χ4v) is 4.65. The molecule has 8 nitrogen and oxygen atoms in total. The van der Waals surface area contributed by atoms with E-state index in [0.29, 0.717) is 35.4 Å². The Labute approximate surface area is 154 Å². The van der Waals surface area contributed by atoms with E-state index in [2.05, 4.69) is 42.6 Å². The van der Waals surface area contributed by atoms with Crippen molar-refractivity contribution in [2.24, 2.45) is 23.7 Å². The molecule has 2 saturated heterocycles. The largest absolute Gasteiger partial charge is 0.378 e. The van der Waals surface area contributed by atoms with Crippen LogP contribution < -0.4 is 15.5 Å². The third-order valence-corrected chi connectivity index (χ3v) is 5.38. The summed E-state index contributed by atoms with van der Waals surface area (Å²) < 4.78 is 0. The van der Waals surface area contributed by atoms with Crippen molar-refractivity contribution >= 4 is 23.3 Å². The maximum absolute atomic E-state index is 11.6. The molecule has 8 heteroatoms. The molecule has 2 aliphatic heterocycles. The molecule has 1 aromatic heterocycles. The Kier molecular flexibility index (Phi) is 5.20. The zero-order chi connectivity index (χ0) is 19.0. The van der Waals surface area contributed by atoms with Gasteiger partial charge in [-0.1, -0.05) is 27.7 Å². The number of rotatable bonds is 3. The quantitative estimate of drug-likeness (QED) is 0.651. The number of nitrogens with two attached hydrogens (primary N) is 1. The van der Waals surface area contributed by atoms with Crippen LogP contribution in [0.1, 0.15) is 40.5 Å². The van der Waals surface area contributed by atoms with Gasteiger partial charge in [-0.2, -0.15) is 9.97 Å². The molecule has 2 aliphatic rings. The molecule has 0 bridgehead atoms. The van der Waals surface area contributed by atoms with Crippen LogP contribution in [0.2, 0.25) is 0 Å². The number of hydrogen-bond acceptors (Lipinski definition) is 7. The molecule has 2 fully saturated rings. The van der Waals surface area contributed by atoms with Gasteiger partial charge in [-0.15, -0.1) is 0 Å². The van der Waals surface area contributed by atoms with E-state index in [1.165, 1.54) is 6.42 Å². The van der Waals surface area contributed by atoms with E-state index in [0.717, 1.165) is 32.6 Å². The summed E-state index contributed by atoms with van der Waals surface area (Å²) in [5.74, 6) is 2.87. The van der Waals surface area contributed by atoms with Crippen molar-refractivity contribution < 1.29 is 4.92 Å². The average Bonchev–Trinajstić information content (AvgIpc) is 2.51. The zero-order valence-corrected chi connectivity index (χ0v) is 16.2. The lowest BCUT2D eigenvalue weighted by molar-refractivity contribution is -0.383. The summed E-state index contributed by atoms with van der Waals surface area (Å²) in [7, 11) is 0. The van der Waals surface area contributed by atoms with Gasteiger partial charge in [0.25, 0.3) is 0 Å². The van der Waals surface area contributed by atoms with Gasteiger partial charge in [-0.3, -0.25) is 10.1 Å². The van der Waals surface area contributed by atoms with Gasteiger partial charge in [0.05, 0.1) is 4.92 Å². The number of hydrogen-bond donors (Lipinski definition) is 1. The molecule has 1 aromatic rings. The highest BCUT2D eigenvalue weighted by molar-refractivity contribution is 5.71. The van der Waals surface area contributed by atoms with Gasteiger partial charge in [0, 0.05) is 26.2 Å².